The number of benzene rings is 2. The van der Waals surface area contributed by atoms with Gasteiger partial charge >= 0.3 is 0 Å². The Morgan fingerprint density at radius 1 is 1.09 bits per heavy atom. The van der Waals surface area contributed by atoms with Gasteiger partial charge in [-0.25, -0.2) is 0 Å². The molecule has 1 fully saturated rings. The lowest BCUT2D eigenvalue weighted by Crippen LogP contribution is -2.30. The number of anilines is 1. The zero-order chi connectivity index (χ0) is 24.4. The highest BCUT2D eigenvalue weighted by Crippen LogP contribution is 2.43. The molecule has 1 amide bonds. The molecule has 1 aliphatic rings. The molecular formula is C28H28N2O4. The van der Waals surface area contributed by atoms with Crippen LogP contribution in [-0.4, -0.2) is 28.4 Å². The summed E-state index contributed by atoms with van der Waals surface area (Å²) >= 11 is 0. The van der Waals surface area contributed by atoms with Crippen LogP contribution in [0.1, 0.15) is 55.0 Å². The first-order chi connectivity index (χ1) is 16.3. The lowest BCUT2D eigenvalue weighted by molar-refractivity contribution is -0.132. The number of aromatic nitrogens is 1. The number of hydrogen-bond acceptors (Lipinski definition) is 5. The predicted octanol–water partition coefficient (Wildman–Crippen LogP) is 5.54. The molecule has 6 nitrogen and oxygen atoms in total. The Kier molecular flexibility index (Phi) is 6.50. The van der Waals surface area contributed by atoms with E-state index in [1.54, 1.807) is 36.7 Å². The smallest absolute Gasteiger partial charge is 0.300 e. The molecule has 0 bridgehead atoms. The molecule has 1 N–H and O–H groups in total. The lowest BCUT2D eigenvalue weighted by Gasteiger charge is -2.26. The van der Waals surface area contributed by atoms with Crippen molar-refractivity contribution < 1.29 is 19.4 Å². The third-order valence-corrected chi connectivity index (χ3v) is 6.05. The number of rotatable bonds is 6. The van der Waals surface area contributed by atoms with E-state index in [0.717, 1.165) is 16.9 Å². The monoisotopic (exact) mass is 456 g/mol. The van der Waals surface area contributed by atoms with E-state index in [4.69, 9.17) is 4.74 Å². The van der Waals surface area contributed by atoms with Crippen molar-refractivity contribution in [2.45, 2.75) is 39.7 Å². The van der Waals surface area contributed by atoms with Crippen LogP contribution in [0, 0.1) is 6.92 Å². The summed E-state index contributed by atoms with van der Waals surface area (Å²) in [5.41, 5.74) is 3.60. The van der Waals surface area contributed by atoms with Crippen molar-refractivity contribution in [1.82, 2.24) is 4.98 Å². The number of aryl methyl sites for hydroxylation is 1. The van der Waals surface area contributed by atoms with E-state index < -0.39 is 17.7 Å². The van der Waals surface area contributed by atoms with Crippen molar-refractivity contribution in [3.05, 3.63) is 94.8 Å². The second-order valence-corrected chi connectivity index (χ2v) is 8.58. The number of para-hydroxylation sites is 1. The van der Waals surface area contributed by atoms with Gasteiger partial charge in [0.1, 0.15) is 11.5 Å². The second kappa shape index (κ2) is 9.51. The number of Topliss-reactive ketones (excluding diaryl/α,β-unsaturated/α-hetero) is 1. The summed E-state index contributed by atoms with van der Waals surface area (Å²) in [6, 6.07) is 15.5. The van der Waals surface area contributed by atoms with Crippen molar-refractivity contribution in [3.8, 4) is 5.75 Å². The largest absolute Gasteiger partial charge is 0.507 e. The summed E-state index contributed by atoms with van der Waals surface area (Å²) < 4.78 is 5.74. The van der Waals surface area contributed by atoms with Crippen LogP contribution < -0.4 is 9.64 Å². The van der Waals surface area contributed by atoms with Crippen LogP contribution in [0.2, 0.25) is 0 Å². The van der Waals surface area contributed by atoms with Crippen molar-refractivity contribution >= 4 is 23.1 Å². The molecule has 0 saturated carbocycles. The SMILES string of the molecule is CCOc1ccc(/C(O)=C2/C(=O)C(=O)N(c3ccccc3C)C2c2ccncc2)cc1C(C)C. The molecule has 1 aromatic heterocycles. The van der Waals surface area contributed by atoms with Gasteiger partial charge in [0, 0.05) is 23.6 Å². The molecule has 1 atom stereocenters. The lowest BCUT2D eigenvalue weighted by atomic mass is 9.93. The first-order valence-electron chi connectivity index (χ1n) is 11.4. The predicted molar refractivity (Wildman–Crippen MR) is 132 cm³/mol. The van der Waals surface area contributed by atoms with E-state index in [1.165, 1.54) is 4.90 Å². The maximum Gasteiger partial charge on any atom is 0.300 e. The minimum Gasteiger partial charge on any atom is -0.507 e. The molecule has 1 aliphatic heterocycles. The molecule has 0 aliphatic carbocycles. The quantitative estimate of drug-likeness (QED) is 0.299. The molecule has 34 heavy (non-hydrogen) atoms. The summed E-state index contributed by atoms with van der Waals surface area (Å²) in [4.78, 5) is 32.2. The summed E-state index contributed by atoms with van der Waals surface area (Å²) in [6.45, 7) is 8.40. The van der Waals surface area contributed by atoms with Gasteiger partial charge in [0.15, 0.2) is 0 Å². The molecule has 0 spiro atoms. The Labute approximate surface area is 199 Å². The standard InChI is InChI=1S/C28H28N2O4/c1-5-34-23-11-10-20(16-21(23)17(2)3)26(31)24-25(19-12-14-29-15-13-19)30(28(33)27(24)32)22-9-7-6-8-18(22)4/h6-17,25,31H,5H2,1-4H3/b26-24-. The van der Waals surface area contributed by atoms with Gasteiger partial charge < -0.3 is 9.84 Å². The molecule has 4 rings (SSSR count). The number of aliphatic hydroxyl groups excluding tert-OH is 1. The molecule has 1 saturated heterocycles. The van der Waals surface area contributed by atoms with E-state index in [-0.39, 0.29) is 17.3 Å². The Hall–Kier alpha value is -3.93. The number of pyridine rings is 1. The zero-order valence-corrected chi connectivity index (χ0v) is 19.8. The number of carbonyl (C=O) groups excluding carboxylic acids is 2. The topological polar surface area (TPSA) is 79.7 Å². The number of ketones is 1. The van der Waals surface area contributed by atoms with Crippen LogP contribution in [0.4, 0.5) is 5.69 Å². The van der Waals surface area contributed by atoms with Crippen LogP contribution in [0.5, 0.6) is 5.75 Å². The minimum absolute atomic E-state index is 0.0540. The van der Waals surface area contributed by atoms with Crippen LogP contribution in [0.15, 0.2) is 72.6 Å². The van der Waals surface area contributed by atoms with E-state index in [9.17, 15) is 14.7 Å². The molecule has 2 aromatic carbocycles. The van der Waals surface area contributed by atoms with Crippen molar-refractivity contribution in [2.75, 3.05) is 11.5 Å². The fourth-order valence-corrected chi connectivity index (χ4v) is 4.37. The maximum absolute atomic E-state index is 13.3. The number of ether oxygens (including phenoxy) is 1. The first kappa shape index (κ1) is 23.2. The van der Waals surface area contributed by atoms with Crippen molar-refractivity contribution in [1.29, 1.82) is 0 Å². The van der Waals surface area contributed by atoms with E-state index in [0.29, 0.717) is 23.4 Å². The summed E-state index contributed by atoms with van der Waals surface area (Å²) in [7, 11) is 0. The van der Waals surface area contributed by atoms with Crippen LogP contribution >= 0.6 is 0 Å². The van der Waals surface area contributed by atoms with Crippen LogP contribution in [0.3, 0.4) is 0 Å². The fourth-order valence-electron chi connectivity index (χ4n) is 4.37. The van der Waals surface area contributed by atoms with Gasteiger partial charge in [0.05, 0.1) is 18.2 Å². The second-order valence-electron chi connectivity index (χ2n) is 8.58. The van der Waals surface area contributed by atoms with Crippen LogP contribution in [-0.2, 0) is 9.59 Å². The van der Waals surface area contributed by atoms with Gasteiger partial charge in [-0.3, -0.25) is 19.5 Å². The highest BCUT2D eigenvalue weighted by molar-refractivity contribution is 6.51. The Morgan fingerprint density at radius 3 is 2.44 bits per heavy atom. The number of nitrogens with zero attached hydrogens (tertiary/aromatic N) is 2. The Balaban J connectivity index is 1.93. The Morgan fingerprint density at radius 2 is 1.79 bits per heavy atom. The maximum atomic E-state index is 13.3. The van der Waals surface area contributed by atoms with E-state index in [1.807, 2.05) is 58.0 Å². The molecular weight excluding hydrogens is 428 g/mol. The van der Waals surface area contributed by atoms with Gasteiger partial charge in [0.25, 0.3) is 11.7 Å². The molecule has 1 unspecified atom stereocenters. The number of amides is 1. The molecule has 174 valence electrons. The van der Waals surface area contributed by atoms with Crippen LogP contribution in [0.25, 0.3) is 5.76 Å². The van der Waals surface area contributed by atoms with Crippen molar-refractivity contribution in [2.24, 2.45) is 0 Å². The summed E-state index contributed by atoms with van der Waals surface area (Å²) in [5.74, 6) is -0.726. The minimum atomic E-state index is -0.779. The first-order valence-corrected chi connectivity index (χ1v) is 11.4. The molecule has 3 aromatic rings. The third kappa shape index (κ3) is 4.07. The summed E-state index contributed by atoms with van der Waals surface area (Å²) in [5, 5.41) is 11.4. The molecule has 2 heterocycles. The number of aliphatic hydroxyl groups is 1. The fraction of sp³-hybridized carbons (Fsp3) is 0.250. The van der Waals surface area contributed by atoms with Gasteiger partial charge in [-0.05, 0) is 72.9 Å². The van der Waals surface area contributed by atoms with Gasteiger partial charge in [-0.1, -0.05) is 32.0 Å². The van der Waals surface area contributed by atoms with Gasteiger partial charge in [0.2, 0.25) is 0 Å². The van der Waals surface area contributed by atoms with E-state index >= 15 is 0 Å². The zero-order valence-electron chi connectivity index (χ0n) is 19.8. The number of hydrogen-bond donors (Lipinski definition) is 1. The highest BCUT2D eigenvalue weighted by atomic mass is 16.5. The van der Waals surface area contributed by atoms with Gasteiger partial charge in [-0.15, -0.1) is 0 Å². The Bertz CT molecular complexity index is 1260. The molecule has 0 radical (unpaired) electrons. The van der Waals surface area contributed by atoms with E-state index in [2.05, 4.69) is 4.98 Å². The van der Waals surface area contributed by atoms with Crippen molar-refractivity contribution in [3.63, 3.8) is 0 Å². The highest BCUT2D eigenvalue weighted by Gasteiger charge is 2.47. The molecule has 6 heteroatoms. The normalized spacial score (nSPS) is 17.4. The number of carbonyl (C=O) groups is 2. The van der Waals surface area contributed by atoms with Gasteiger partial charge in [-0.2, -0.15) is 0 Å². The third-order valence-electron chi connectivity index (χ3n) is 6.05. The summed E-state index contributed by atoms with van der Waals surface area (Å²) in [6.07, 6.45) is 3.22. The average molecular weight is 457 g/mol. The average Bonchev–Trinajstić information content (AvgIpc) is 3.10.